The molecule has 0 saturated carbocycles. The zero-order valence-corrected chi connectivity index (χ0v) is 15.4. The number of nitrogens with one attached hydrogen (secondary N) is 2. The van der Waals surface area contributed by atoms with E-state index in [0.717, 1.165) is 16.9 Å². The first kappa shape index (κ1) is 18.0. The number of benzene rings is 2. The highest BCUT2D eigenvalue weighted by Crippen LogP contribution is 2.20. The fourth-order valence-electron chi connectivity index (χ4n) is 2.32. The van der Waals surface area contributed by atoms with E-state index in [0.29, 0.717) is 15.7 Å². The standard InChI is InChI=1S/C19H16Cl2N4O/c1-13-4-9-16(11-18(13)21)25-10-2-3-17(25)12-22-24-19(26)23-15-7-5-14(20)6-8-15/h2-12H,1H3,(H2,23,24,26)/b22-12+. The molecule has 0 atom stereocenters. The molecule has 132 valence electrons. The smallest absolute Gasteiger partial charge is 0.316 e. The Kier molecular flexibility index (Phi) is 5.61. The summed E-state index contributed by atoms with van der Waals surface area (Å²) >= 11 is 12.0. The van der Waals surface area contributed by atoms with Crippen LogP contribution in [0.25, 0.3) is 5.69 Å². The van der Waals surface area contributed by atoms with Crippen molar-refractivity contribution in [2.24, 2.45) is 5.10 Å². The second-order valence-electron chi connectivity index (χ2n) is 5.57. The average Bonchev–Trinajstić information content (AvgIpc) is 3.08. The number of halogens is 2. The number of amides is 2. The molecule has 0 aliphatic rings. The van der Waals surface area contributed by atoms with Crippen LogP contribution in [0.1, 0.15) is 11.3 Å². The van der Waals surface area contributed by atoms with Gasteiger partial charge >= 0.3 is 6.03 Å². The van der Waals surface area contributed by atoms with Gasteiger partial charge in [-0.3, -0.25) is 0 Å². The average molecular weight is 387 g/mol. The van der Waals surface area contributed by atoms with Gasteiger partial charge in [0.1, 0.15) is 0 Å². The summed E-state index contributed by atoms with van der Waals surface area (Å²) in [5, 5.41) is 7.95. The molecule has 0 spiro atoms. The molecule has 0 saturated heterocycles. The molecular weight excluding hydrogens is 371 g/mol. The molecule has 2 N–H and O–H groups in total. The molecule has 0 aliphatic carbocycles. The molecule has 0 unspecified atom stereocenters. The Hall–Kier alpha value is -2.76. The van der Waals surface area contributed by atoms with Crippen molar-refractivity contribution in [2.75, 3.05) is 5.32 Å². The largest absolute Gasteiger partial charge is 0.339 e. The summed E-state index contributed by atoms with van der Waals surface area (Å²) < 4.78 is 1.92. The first-order valence-electron chi connectivity index (χ1n) is 7.82. The minimum Gasteiger partial charge on any atom is -0.316 e. The Balaban J connectivity index is 1.66. The third-order valence-corrected chi connectivity index (χ3v) is 4.34. The van der Waals surface area contributed by atoms with Crippen LogP contribution in [0.2, 0.25) is 10.0 Å². The highest BCUT2D eigenvalue weighted by Gasteiger charge is 2.04. The molecule has 1 aromatic heterocycles. The third-order valence-electron chi connectivity index (χ3n) is 3.68. The second-order valence-corrected chi connectivity index (χ2v) is 6.41. The SMILES string of the molecule is Cc1ccc(-n2cccc2/C=N/NC(=O)Nc2ccc(Cl)cc2)cc1Cl. The van der Waals surface area contributed by atoms with Crippen molar-refractivity contribution in [1.82, 2.24) is 9.99 Å². The number of urea groups is 1. The first-order chi connectivity index (χ1) is 12.5. The summed E-state index contributed by atoms with van der Waals surface area (Å²) in [4.78, 5) is 11.9. The van der Waals surface area contributed by atoms with E-state index in [2.05, 4.69) is 15.8 Å². The van der Waals surface area contributed by atoms with E-state index >= 15 is 0 Å². The predicted molar refractivity (Wildman–Crippen MR) is 107 cm³/mol. The van der Waals surface area contributed by atoms with Crippen LogP contribution in [0, 0.1) is 6.92 Å². The second kappa shape index (κ2) is 8.08. The number of carbonyl (C=O) groups is 1. The number of carbonyl (C=O) groups excluding carboxylic acids is 1. The van der Waals surface area contributed by atoms with E-state index in [1.807, 2.05) is 48.0 Å². The van der Waals surface area contributed by atoms with E-state index in [4.69, 9.17) is 23.2 Å². The molecule has 0 fully saturated rings. The van der Waals surface area contributed by atoms with E-state index < -0.39 is 6.03 Å². The van der Waals surface area contributed by atoms with E-state index in [1.165, 1.54) is 0 Å². The minimum atomic E-state index is -0.444. The maximum absolute atomic E-state index is 11.9. The van der Waals surface area contributed by atoms with Crippen molar-refractivity contribution in [3.63, 3.8) is 0 Å². The molecule has 5 nitrogen and oxygen atoms in total. The Morgan fingerprint density at radius 2 is 1.88 bits per heavy atom. The van der Waals surface area contributed by atoms with Crippen LogP contribution in [0.4, 0.5) is 10.5 Å². The predicted octanol–water partition coefficient (Wildman–Crippen LogP) is 5.25. The monoisotopic (exact) mass is 386 g/mol. The Bertz CT molecular complexity index is 948. The molecule has 0 radical (unpaired) electrons. The van der Waals surface area contributed by atoms with Gasteiger partial charge in [-0.25, -0.2) is 10.2 Å². The molecule has 3 rings (SSSR count). The summed E-state index contributed by atoms with van der Waals surface area (Å²) in [5.41, 5.74) is 5.78. The Morgan fingerprint density at radius 3 is 2.62 bits per heavy atom. The van der Waals surface area contributed by atoms with Crippen LogP contribution in [-0.4, -0.2) is 16.8 Å². The number of aryl methyl sites for hydroxylation is 1. The molecule has 1 heterocycles. The quantitative estimate of drug-likeness (QED) is 0.466. The summed E-state index contributed by atoms with van der Waals surface area (Å²) in [5.74, 6) is 0. The van der Waals surface area contributed by atoms with Crippen molar-refractivity contribution in [1.29, 1.82) is 0 Å². The minimum absolute atomic E-state index is 0.444. The van der Waals surface area contributed by atoms with Gasteiger partial charge in [0, 0.05) is 27.6 Å². The van der Waals surface area contributed by atoms with E-state index in [-0.39, 0.29) is 0 Å². The molecule has 2 aromatic carbocycles. The van der Waals surface area contributed by atoms with Gasteiger partial charge in [0.2, 0.25) is 0 Å². The normalized spacial score (nSPS) is 10.9. The number of aromatic nitrogens is 1. The van der Waals surface area contributed by atoms with E-state index in [9.17, 15) is 4.79 Å². The summed E-state index contributed by atoms with van der Waals surface area (Å²) in [6.45, 7) is 1.95. The molecule has 0 bridgehead atoms. The van der Waals surface area contributed by atoms with Crippen molar-refractivity contribution >= 4 is 41.1 Å². The zero-order valence-electron chi connectivity index (χ0n) is 13.9. The van der Waals surface area contributed by atoms with Crippen molar-refractivity contribution in [3.05, 3.63) is 82.1 Å². The van der Waals surface area contributed by atoms with Crippen LogP contribution < -0.4 is 10.7 Å². The van der Waals surface area contributed by atoms with Crippen LogP contribution in [-0.2, 0) is 0 Å². The molecule has 26 heavy (non-hydrogen) atoms. The highest BCUT2D eigenvalue weighted by atomic mass is 35.5. The summed E-state index contributed by atoms with van der Waals surface area (Å²) in [6, 6.07) is 15.9. The molecule has 0 aliphatic heterocycles. The van der Waals surface area contributed by atoms with Gasteiger partial charge in [-0.05, 0) is 61.0 Å². The van der Waals surface area contributed by atoms with Crippen LogP contribution >= 0.6 is 23.2 Å². The number of anilines is 1. The lowest BCUT2D eigenvalue weighted by Gasteiger charge is -2.08. The molecular formula is C19H16Cl2N4O. The van der Waals surface area contributed by atoms with Crippen molar-refractivity contribution < 1.29 is 4.79 Å². The lowest BCUT2D eigenvalue weighted by atomic mass is 10.2. The number of nitrogens with zero attached hydrogens (tertiary/aromatic N) is 2. The highest BCUT2D eigenvalue weighted by molar-refractivity contribution is 6.31. The van der Waals surface area contributed by atoms with Crippen molar-refractivity contribution in [3.8, 4) is 5.69 Å². The van der Waals surface area contributed by atoms with Crippen LogP contribution in [0.3, 0.4) is 0 Å². The van der Waals surface area contributed by atoms with Gasteiger partial charge in [-0.1, -0.05) is 29.3 Å². The summed E-state index contributed by atoms with van der Waals surface area (Å²) in [6.07, 6.45) is 3.46. The Labute approximate surface area is 161 Å². The van der Waals surface area contributed by atoms with Gasteiger partial charge in [0.25, 0.3) is 0 Å². The van der Waals surface area contributed by atoms with Gasteiger partial charge in [-0.15, -0.1) is 0 Å². The fourth-order valence-corrected chi connectivity index (χ4v) is 2.62. The van der Waals surface area contributed by atoms with Crippen LogP contribution in [0.15, 0.2) is 65.9 Å². The summed E-state index contributed by atoms with van der Waals surface area (Å²) in [7, 11) is 0. The first-order valence-corrected chi connectivity index (χ1v) is 8.58. The van der Waals surface area contributed by atoms with Crippen molar-refractivity contribution in [2.45, 2.75) is 6.92 Å². The molecule has 3 aromatic rings. The van der Waals surface area contributed by atoms with Crippen LogP contribution in [0.5, 0.6) is 0 Å². The maximum Gasteiger partial charge on any atom is 0.339 e. The number of hydrogen-bond acceptors (Lipinski definition) is 2. The lowest BCUT2D eigenvalue weighted by Crippen LogP contribution is -2.24. The van der Waals surface area contributed by atoms with Gasteiger partial charge in [0.05, 0.1) is 11.9 Å². The third kappa shape index (κ3) is 4.45. The number of rotatable bonds is 4. The Morgan fingerprint density at radius 1 is 1.12 bits per heavy atom. The zero-order chi connectivity index (χ0) is 18.5. The van der Waals surface area contributed by atoms with Gasteiger partial charge < -0.3 is 9.88 Å². The molecule has 2 amide bonds. The van der Waals surface area contributed by atoms with E-state index in [1.54, 1.807) is 30.5 Å². The van der Waals surface area contributed by atoms with Gasteiger partial charge in [0.15, 0.2) is 0 Å². The lowest BCUT2D eigenvalue weighted by molar-refractivity contribution is 0.252. The number of hydrogen-bond donors (Lipinski definition) is 2. The topological polar surface area (TPSA) is 58.4 Å². The maximum atomic E-state index is 11.9. The number of hydrazone groups is 1. The van der Waals surface area contributed by atoms with Gasteiger partial charge in [-0.2, -0.15) is 5.10 Å². The fraction of sp³-hybridized carbons (Fsp3) is 0.0526. The molecule has 7 heteroatoms.